The molecule has 1 rings (SSSR count). The molecule has 0 aliphatic heterocycles. The number of nitrogen functional groups attached to an aromatic ring is 1. The van der Waals surface area contributed by atoms with Crippen molar-refractivity contribution in [2.75, 3.05) is 18.9 Å². The quantitative estimate of drug-likeness (QED) is 0.641. The van der Waals surface area contributed by atoms with E-state index in [1.54, 1.807) is 0 Å². The van der Waals surface area contributed by atoms with E-state index in [9.17, 15) is 5.11 Å². The van der Waals surface area contributed by atoms with Crippen LogP contribution in [-0.2, 0) is 0 Å². The third-order valence-corrected chi connectivity index (χ3v) is 2.83. The van der Waals surface area contributed by atoms with Crippen LogP contribution in [0.2, 0.25) is 0 Å². The maximum Gasteiger partial charge on any atom is 0.0502 e. The smallest absolute Gasteiger partial charge is 0.0502 e. The van der Waals surface area contributed by atoms with Crippen LogP contribution in [0.25, 0.3) is 0 Å². The highest BCUT2D eigenvalue weighted by Gasteiger charge is 2.17. The molecule has 3 heteroatoms. The maximum atomic E-state index is 9.33. The van der Waals surface area contributed by atoms with Crippen molar-refractivity contribution in [1.82, 2.24) is 0 Å². The molecular weight excluding hydrogens is 190 g/mol. The Kier molecular flexibility index (Phi) is 4.59. The summed E-state index contributed by atoms with van der Waals surface area (Å²) >= 11 is 0. The van der Waals surface area contributed by atoms with E-state index in [0.717, 1.165) is 11.3 Å². The van der Waals surface area contributed by atoms with Gasteiger partial charge in [-0.15, -0.1) is 0 Å². The van der Waals surface area contributed by atoms with E-state index >= 15 is 0 Å². The second kappa shape index (κ2) is 5.73. The Balaban J connectivity index is 2.77. The minimum absolute atomic E-state index is 0.0812. The summed E-state index contributed by atoms with van der Waals surface area (Å²) in [6, 6.07) is 7.54. The van der Waals surface area contributed by atoms with Gasteiger partial charge in [-0.3, -0.25) is 0 Å². The van der Waals surface area contributed by atoms with Crippen LogP contribution >= 0.6 is 0 Å². The molecule has 0 bridgehead atoms. The molecule has 0 amide bonds. The number of rotatable bonds is 5. The van der Waals surface area contributed by atoms with Gasteiger partial charge in [0.1, 0.15) is 0 Å². The van der Waals surface area contributed by atoms with Crippen LogP contribution in [0, 0.1) is 5.92 Å². The second-order valence-electron chi connectivity index (χ2n) is 3.95. The first kappa shape index (κ1) is 12.0. The predicted molar refractivity (Wildman–Crippen MR) is 61.5 cm³/mol. The molecule has 0 aliphatic rings. The summed E-state index contributed by atoms with van der Waals surface area (Å²) in [4.78, 5) is 0. The normalized spacial score (nSPS) is 14.9. The van der Waals surface area contributed by atoms with Crippen LogP contribution < -0.4 is 5.73 Å². The van der Waals surface area contributed by atoms with E-state index in [2.05, 4.69) is 0 Å². The monoisotopic (exact) mass is 209 g/mol. The Labute approximate surface area is 90.5 Å². The summed E-state index contributed by atoms with van der Waals surface area (Å²) in [5, 5.41) is 18.2. The summed E-state index contributed by atoms with van der Waals surface area (Å²) in [7, 11) is 0. The zero-order valence-electron chi connectivity index (χ0n) is 9.06. The van der Waals surface area contributed by atoms with Crippen molar-refractivity contribution in [3.05, 3.63) is 29.8 Å². The molecule has 0 fully saturated rings. The molecule has 4 N–H and O–H groups in total. The molecule has 0 radical (unpaired) electrons. The molecule has 84 valence electrons. The predicted octanol–water partition coefficient (Wildman–Crippen LogP) is 1.36. The van der Waals surface area contributed by atoms with Crippen LogP contribution in [0.1, 0.15) is 24.8 Å². The van der Waals surface area contributed by atoms with Gasteiger partial charge in [0, 0.05) is 18.2 Å². The molecule has 3 nitrogen and oxygen atoms in total. The average Bonchev–Trinajstić information content (AvgIpc) is 2.22. The molecule has 1 aromatic carbocycles. The number of aliphatic hydroxyl groups excluding tert-OH is 2. The second-order valence-corrected chi connectivity index (χ2v) is 3.95. The lowest BCUT2D eigenvalue weighted by molar-refractivity contribution is 0.199. The number of nitrogens with two attached hydrogens (primary N) is 1. The Hall–Kier alpha value is -1.06. The number of hydrogen-bond acceptors (Lipinski definition) is 3. The van der Waals surface area contributed by atoms with Crippen LogP contribution in [0.15, 0.2) is 24.3 Å². The third-order valence-electron chi connectivity index (χ3n) is 2.83. The van der Waals surface area contributed by atoms with E-state index < -0.39 is 0 Å². The topological polar surface area (TPSA) is 66.5 Å². The number of aliphatic hydroxyl groups is 2. The standard InChI is InChI=1S/C12H19NO2/c1-9(6-7-14)12(8-15)10-2-4-11(13)5-3-10/h2-5,9,12,14-15H,6-8,13H2,1H3/t9-,12-/m0/s1. The van der Waals surface area contributed by atoms with Crippen molar-refractivity contribution < 1.29 is 10.2 Å². The van der Waals surface area contributed by atoms with Crippen molar-refractivity contribution in [2.24, 2.45) is 5.92 Å². The van der Waals surface area contributed by atoms with E-state index in [4.69, 9.17) is 10.8 Å². The van der Waals surface area contributed by atoms with E-state index in [0.29, 0.717) is 6.42 Å². The Bertz CT molecular complexity index is 284. The van der Waals surface area contributed by atoms with Crippen molar-refractivity contribution in [1.29, 1.82) is 0 Å². The fourth-order valence-corrected chi connectivity index (χ4v) is 1.76. The van der Waals surface area contributed by atoms with Gasteiger partial charge in [-0.25, -0.2) is 0 Å². The Morgan fingerprint density at radius 1 is 1.20 bits per heavy atom. The highest BCUT2D eigenvalue weighted by atomic mass is 16.3. The van der Waals surface area contributed by atoms with Crippen LogP contribution in [0.4, 0.5) is 5.69 Å². The van der Waals surface area contributed by atoms with Crippen LogP contribution in [0.5, 0.6) is 0 Å². The number of hydrogen-bond donors (Lipinski definition) is 3. The summed E-state index contributed by atoms with van der Waals surface area (Å²) < 4.78 is 0. The number of benzene rings is 1. The molecule has 15 heavy (non-hydrogen) atoms. The average molecular weight is 209 g/mol. The number of anilines is 1. The van der Waals surface area contributed by atoms with Crippen LogP contribution in [0.3, 0.4) is 0 Å². The first-order valence-corrected chi connectivity index (χ1v) is 5.26. The molecule has 0 aromatic heterocycles. The SMILES string of the molecule is C[C@@H](CCO)[C@H](CO)c1ccc(N)cc1. The van der Waals surface area contributed by atoms with Gasteiger partial charge in [-0.1, -0.05) is 19.1 Å². The molecule has 0 spiro atoms. The first-order chi connectivity index (χ1) is 7.19. The highest BCUT2D eigenvalue weighted by Crippen LogP contribution is 2.26. The summed E-state index contributed by atoms with van der Waals surface area (Å²) in [6.07, 6.45) is 0.704. The fraction of sp³-hybridized carbons (Fsp3) is 0.500. The largest absolute Gasteiger partial charge is 0.399 e. The Morgan fingerprint density at radius 2 is 1.80 bits per heavy atom. The molecule has 0 aliphatic carbocycles. The van der Waals surface area contributed by atoms with Gasteiger partial charge in [0.25, 0.3) is 0 Å². The van der Waals surface area contributed by atoms with Gasteiger partial charge >= 0.3 is 0 Å². The zero-order chi connectivity index (χ0) is 11.3. The van der Waals surface area contributed by atoms with Crippen molar-refractivity contribution >= 4 is 5.69 Å². The molecule has 0 saturated carbocycles. The van der Waals surface area contributed by atoms with E-state index in [-0.39, 0.29) is 25.0 Å². The molecule has 0 unspecified atom stereocenters. The molecular formula is C12H19NO2. The van der Waals surface area contributed by atoms with Gasteiger partial charge in [0.15, 0.2) is 0 Å². The fourth-order valence-electron chi connectivity index (χ4n) is 1.76. The molecule has 1 aromatic rings. The molecule has 0 heterocycles. The minimum atomic E-state index is 0.0812. The molecule has 2 atom stereocenters. The summed E-state index contributed by atoms with van der Waals surface area (Å²) in [5.41, 5.74) is 7.40. The van der Waals surface area contributed by atoms with Gasteiger partial charge < -0.3 is 15.9 Å². The third kappa shape index (κ3) is 3.22. The van der Waals surface area contributed by atoms with Crippen molar-refractivity contribution in [3.63, 3.8) is 0 Å². The van der Waals surface area contributed by atoms with Gasteiger partial charge in [0.05, 0.1) is 6.61 Å². The van der Waals surface area contributed by atoms with Gasteiger partial charge in [0.2, 0.25) is 0 Å². The Morgan fingerprint density at radius 3 is 2.27 bits per heavy atom. The lowest BCUT2D eigenvalue weighted by Gasteiger charge is -2.21. The van der Waals surface area contributed by atoms with Crippen molar-refractivity contribution in [3.8, 4) is 0 Å². The zero-order valence-corrected chi connectivity index (χ0v) is 9.06. The van der Waals surface area contributed by atoms with Gasteiger partial charge in [-0.05, 0) is 30.0 Å². The summed E-state index contributed by atoms with van der Waals surface area (Å²) in [5.74, 6) is 0.348. The lowest BCUT2D eigenvalue weighted by Crippen LogP contribution is -2.15. The van der Waals surface area contributed by atoms with Crippen molar-refractivity contribution in [2.45, 2.75) is 19.3 Å². The minimum Gasteiger partial charge on any atom is -0.399 e. The van der Waals surface area contributed by atoms with E-state index in [1.165, 1.54) is 0 Å². The maximum absolute atomic E-state index is 9.33. The molecule has 0 saturated heterocycles. The first-order valence-electron chi connectivity index (χ1n) is 5.26. The van der Waals surface area contributed by atoms with E-state index in [1.807, 2.05) is 31.2 Å². The van der Waals surface area contributed by atoms with Crippen LogP contribution in [-0.4, -0.2) is 23.4 Å². The lowest BCUT2D eigenvalue weighted by atomic mass is 9.86. The highest BCUT2D eigenvalue weighted by molar-refractivity contribution is 5.40. The summed E-state index contributed by atoms with van der Waals surface area (Å²) in [6.45, 7) is 2.30. The van der Waals surface area contributed by atoms with Gasteiger partial charge in [-0.2, -0.15) is 0 Å².